The highest BCUT2D eigenvalue weighted by Crippen LogP contribution is 2.37. The largest absolute Gasteiger partial charge is 0.504 e. The van der Waals surface area contributed by atoms with Crippen molar-refractivity contribution < 1.29 is 4.74 Å². The Morgan fingerprint density at radius 2 is 1.81 bits per heavy atom. The average Bonchev–Trinajstić information content (AvgIpc) is 3.12. The fraction of sp³-hybridized carbons (Fsp3) is 0.0455. The maximum absolute atomic E-state index is 6.20. The highest BCUT2D eigenvalue weighted by atomic mass is 35.5. The molecule has 0 aliphatic carbocycles. The lowest BCUT2D eigenvalue weighted by atomic mass is 9.99. The Balaban J connectivity index is 1.90. The van der Waals surface area contributed by atoms with Crippen LogP contribution in [0.2, 0.25) is 5.02 Å². The summed E-state index contributed by atoms with van der Waals surface area (Å²) in [6.07, 6.45) is 3.58. The maximum Gasteiger partial charge on any atom is 0.124 e. The van der Waals surface area contributed by atoms with E-state index < -0.39 is 0 Å². The Morgan fingerprint density at radius 3 is 2.62 bits per heavy atom. The summed E-state index contributed by atoms with van der Waals surface area (Å²) in [6, 6.07) is 22.4. The van der Waals surface area contributed by atoms with Gasteiger partial charge in [0.2, 0.25) is 0 Å². The lowest BCUT2D eigenvalue weighted by Gasteiger charge is -2.08. The average molecular weight is 378 g/mol. The van der Waals surface area contributed by atoms with E-state index in [9.17, 15) is 0 Å². The summed E-state index contributed by atoms with van der Waals surface area (Å²) < 4.78 is 6.25. The van der Waals surface area contributed by atoms with Crippen molar-refractivity contribution in [1.82, 2.24) is 4.98 Å². The predicted octanol–water partition coefficient (Wildman–Crippen LogP) is 6.90. The van der Waals surface area contributed by atoms with E-state index in [1.165, 1.54) is 0 Å². The topological polar surface area (TPSA) is 22.1 Å². The summed E-state index contributed by atoms with van der Waals surface area (Å²) in [5.74, 6) is 0. The van der Waals surface area contributed by atoms with Gasteiger partial charge in [0.1, 0.15) is 5.01 Å². The molecule has 0 aliphatic rings. The van der Waals surface area contributed by atoms with Crippen molar-refractivity contribution in [1.29, 1.82) is 0 Å². The van der Waals surface area contributed by atoms with Gasteiger partial charge in [-0.2, -0.15) is 0 Å². The van der Waals surface area contributed by atoms with Crippen LogP contribution in [-0.4, -0.2) is 12.1 Å². The van der Waals surface area contributed by atoms with E-state index in [1.807, 2.05) is 42.5 Å². The Labute approximate surface area is 161 Å². The molecule has 0 spiro atoms. The number of fused-ring (bicyclic) bond motifs is 1. The molecule has 4 heteroatoms. The molecule has 0 bridgehead atoms. The molecule has 0 unspecified atom stereocenters. The van der Waals surface area contributed by atoms with Gasteiger partial charge in [-0.25, -0.2) is 4.98 Å². The first-order valence-electron chi connectivity index (χ1n) is 8.20. The number of para-hydroxylation sites is 1. The van der Waals surface area contributed by atoms with Crippen LogP contribution in [0.3, 0.4) is 0 Å². The molecule has 0 atom stereocenters. The number of benzene rings is 3. The number of hydrogen-bond donors (Lipinski definition) is 0. The molecule has 0 N–H and O–H groups in total. The second kappa shape index (κ2) is 7.32. The van der Waals surface area contributed by atoms with Gasteiger partial charge in [-0.1, -0.05) is 60.1 Å². The van der Waals surface area contributed by atoms with Crippen LogP contribution in [0.1, 0.15) is 5.56 Å². The minimum atomic E-state index is 0.694. The van der Waals surface area contributed by atoms with Gasteiger partial charge in [-0.05, 0) is 35.4 Å². The molecule has 0 saturated carbocycles. The molecule has 26 heavy (non-hydrogen) atoms. The van der Waals surface area contributed by atoms with Crippen molar-refractivity contribution >= 4 is 39.2 Å². The first-order valence-corrected chi connectivity index (χ1v) is 9.40. The summed E-state index contributed by atoms with van der Waals surface area (Å²) in [5, 5.41) is 1.72. The van der Waals surface area contributed by atoms with Gasteiger partial charge in [0, 0.05) is 16.1 Å². The molecular formula is C22H16ClNOS. The maximum atomic E-state index is 6.20. The number of aromatic nitrogens is 1. The van der Waals surface area contributed by atoms with Gasteiger partial charge in [0.15, 0.2) is 0 Å². The number of halogens is 1. The van der Waals surface area contributed by atoms with Gasteiger partial charge in [-0.15, -0.1) is 11.3 Å². The van der Waals surface area contributed by atoms with E-state index >= 15 is 0 Å². The monoisotopic (exact) mass is 377 g/mol. The van der Waals surface area contributed by atoms with Crippen LogP contribution < -0.4 is 0 Å². The molecule has 1 aromatic heterocycles. The quantitative estimate of drug-likeness (QED) is 0.361. The van der Waals surface area contributed by atoms with Crippen LogP contribution in [0, 0.1) is 0 Å². The molecule has 3 aromatic carbocycles. The Morgan fingerprint density at radius 1 is 0.962 bits per heavy atom. The van der Waals surface area contributed by atoms with Gasteiger partial charge >= 0.3 is 0 Å². The van der Waals surface area contributed by atoms with Crippen molar-refractivity contribution in [2.75, 3.05) is 7.11 Å². The van der Waals surface area contributed by atoms with E-state index in [1.54, 1.807) is 24.7 Å². The third-order valence-corrected chi connectivity index (χ3v) is 5.43. The summed E-state index contributed by atoms with van der Waals surface area (Å²) in [4.78, 5) is 4.93. The van der Waals surface area contributed by atoms with Crippen LogP contribution in [0.4, 0.5) is 0 Å². The Bertz CT molecular complexity index is 1090. The molecule has 4 rings (SSSR count). The Hall–Kier alpha value is -2.62. The van der Waals surface area contributed by atoms with Gasteiger partial charge in [0.25, 0.3) is 0 Å². The number of thiazole rings is 1. The van der Waals surface area contributed by atoms with E-state index in [2.05, 4.69) is 30.3 Å². The highest BCUT2D eigenvalue weighted by molar-refractivity contribution is 7.21. The fourth-order valence-corrected chi connectivity index (χ4v) is 4.11. The van der Waals surface area contributed by atoms with Crippen molar-refractivity contribution in [3.8, 4) is 21.7 Å². The molecule has 0 radical (unpaired) electrons. The summed E-state index contributed by atoms with van der Waals surface area (Å²) in [7, 11) is 1.63. The molecular weight excluding hydrogens is 362 g/mol. The Kier molecular flexibility index (Phi) is 4.74. The van der Waals surface area contributed by atoms with Crippen molar-refractivity contribution in [2.24, 2.45) is 0 Å². The minimum Gasteiger partial charge on any atom is -0.504 e. The van der Waals surface area contributed by atoms with Crippen molar-refractivity contribution in [3.63, 3.8) is 0 Å². The third kappa shape index (κ3) is 3.24. The lowest BCUT2D eigenvalue weighted by Crippen LogP contribution is -1.86. The van der Waals surface area contributed by atoms with Crippen molar-refractivity contribution in [3.05, 3.63) is 83.6 Å². The lowest BCUT2D eigenvalue weighted by molar-refractivity contribution is 0.341. The molecule has 128 valence electrons. The van der Waals surface area contributed by atoms with Gasteiger partial charge in [0.05, 0.1) is 23.6 Å². The zero-order valence-electron chi connectivity index (χ0n) is 14.1. The molecule has 4 aromatic rings. The molecule has 2 nitrogen and oxygen atoms in total. The summed E-state index contributed by atoms with van der Waals surface area (Å²) >= 11 is 7.90. The minimum absolute atomic E-state index is 0.694. The highest BCUT2D eigenvalue weighted by Gasteiger charge is 2.13. The summed E-state index contributed by atoms with van der Waals surface area (Å²) in [6.45, 7) is 0. The van der Waals surface area contributed by atoms with E-state index in [0.717, 1.165) is 37.5 Å². The van der Waals surface area contributed by atoms with Crippen LogP contribution >= 0.6 is 22.9 Å². The zero-order valence-corrected chi connectivity index (χ0v) is 15.7. The molecule has 1 heterocycles. The smallest absolute Gasteiger partial charge is 0.124 e. The van der Waals surface area contributed by atoms with E-state index in [0.29, 0.717) is 5.02 Å². The zero-order chi connectivity index (χ0) is 17.9. The van der Waals surface area contributed by atoms with Crippen LogP contribution in [-0.2, 0) is 4.74 Å². The molecule has 0 saturated heterocycles. The summed E-state index contributed by atoms with van der Waals surface area (Å²) in [5.41, 5.74) is 5.31. The number of ether oxygens (including phenoxy) is 1. The number of methoxy groups -OCH3 is 1. The first-order chi connectivity index (χ1) is 12.8. The third-order valence-electron chi connectivity index (χ3n) is 4.13. The SMILES string of the molecule is COC=Cc1cc(Cl)ccc1-c1cccc2sc(-c3ccccc3)nc12. The second-order valence-electron chi connectivity index (χ2n) is 5.81. The van der Waals surface area contributed by atoms with Gasteiger partial charge < -0.3 is 4.74 Å². The van der Waals surface area contributed by atoms with E-state index in [-0.39, 0.29) is 0 Å². The standard InChI is InChI=1S/C22H16ClNOS/c1-25-13-12-16-14-17(23)10-11-18(16)19-8-5-9-20-21(19)24-22(26-20)15-6-3-2-4-7-15/h2-14H,1H3. The number of rotatable bonds is 4. The van der Waals surface area contributed by atoms with E-state index in [4.69, 9.17) is 21.3 Å². The number of hydrogen-bond acceptors (Lipinski definition) is 3. The van der Waals surface area contributed by atoms with Crippen LogP contribution in [0.5, 0.6) is 0 Å². The van der Waals surface area contributed by atoms with Crippen LogP contribution in [0.25, 0.3) is 38.0 Å². The molecule has 0 amide bonds. The number of nitrogens with zero attached hydrogens (tertiary/aromatic N) is 1. The second-order valence-corrected chi connectivity index (χ2v) is 7.27. The normalized spacial score (nSPS) is 11.3. The predicted molar refractivity (Wildman–Crippen MR) is 112 cm³/mol. The first kappa shape index (κ1) is 16.8. The van der Waals surface area contributed by atoms with Crippen LogP contribution in [0.15, 0.2) is 73.0 Å². The fourth-order valence-electron chi connectivity index (χ4n) is 2.93. The molecule has 0 fully saturated rings. The van der Waals surface area contributed by atoms with Crippen molar-refractivity contribution in [2.45, 2.75) is 0 Å². The van der Waals surface area contributed by atoms with Gasteiger partial charge in [-0.3, -0.25) is 0 Å². The molecule has 0 aliphatic heterocycles.